The summed E-state index contributed by atoms with van der Waals surface area (Å²) in [6, 6.07) is 2.93. The SMILES string of the molecule is O=S1(=O)CCCC(Nc2cc(C(F)(F)F)ccc2Br)C1. The van der Waals surface area contributed by atoms with Crippen LogP contribution in [0.5, 0.6) is 0 Å². The van der Waals surface area contributed by atoms with Crippen LogP contribution in [0.3, 0.4) is 0 Å². The molecule has 0 amide bonds. The smallest absolute Gasteiger partial charge is 0.380 e. The lowest BCUT2D eigenvalue weighted by Gasteiger charge is -2.25. The summed E-state index contributed by atoms with van der Waals surface area (Å²) >= 11 is 3.17. The van der Waals surface area contributed by atoms with Gasteiger partial charge in [-0.25, -0.2) is 8.42 Å². The van der Waals surface area contributed by atoms with Gasteiger partial charge in [-0.3, -0.25) is 0 Å². The van der Waals surface area contributed by atoms with E-state index in [1.54, 1.807) is 0 Å². The summed E-state index contributed by atoms with van der Waals surface area (Å²) in [6.07, 6.45) is -3.27. The molecule has 1 atom stereocenters. The number of anilines is 1. The second-order valence-corrected chi connectivity index (χ2v) is 7.87. The number of sulfone groups is 1. The van der Waals surface area contributed by atoms with Crippen LogP contribution in [0.25, 0.3) is 0 Å². The van der Waals surface area contributed by atoms with Gasteiger partial charge in [-0.15, -0.1) is 0 Å². The molecule has 0 spiro atoms. The van der Waals surface area contributed by atoms with Crippen molar-refractivity contribution in [1.82, 2.24) is 0 Å². The molecule has 112 valence electrons. The molecule has 1 N–H and O–H groups in total. The van der Waals surface area contributed by atoms with Crippen molar-refractivity contribution < 1.29 is 21.6 Å². The molecule has 1 fully saturated rings. The largest absolute Gasteiger partial charge is 0.416 e. The van der Waals surface area contributed by atoms with E-state index in [1.165, 1.54) is 6.07 Å². The predicted octanol–water partition coefficient (Wildman–Crippen LogP) is 3.46. The molecule has 1 unspecified atom stereocenters. The fraction of sp³-hybridized carbons (Fsp3) is 0.500. The zero-order chi connectivity index (χ0) is 15.0. The van der Waals surface area contributed by atoms with Gasteiger partial charge in [-0.2, -0.15) is 13.2 Å². The molecule has 1 heterocycles. The molecule has 1 aliphatic heterocycles. The third-order valence-electron chi connectivity index (χ3n) is 3.12. The van der Waals surface area contributed by atoms with E-state index in [0.29, 0.717) is 17.3 Å². The zero-order valence-electron chi connectivity index (χ0n) is 10.4. The van der Waals surface area contributed by atoms with Gasteiger partial charge in [0.05, 0.1) is 17.1 Å². The maximum atomic E-state index is 12.7. The van der Waals surface area contributed by atoms with Gasteiger partial charge in [0.25, 0.3) is 0 Å². The third-order valence-corrected chi connectivity index (χ3v) is 5.63. The summed E-state index contributed by atoms with van der Waals surface area (Å²) in [7, 11) is -3.10. The number of hydrogen-bond donors (Lipinski definition) is 1. The average molecular weight is 372 g/mol. The summed E-state index contributed by atoms with van der Waals surface area (Å²) < 4.78 is 61.5. The Kier molecular flexibility index (Phi) is 4.34. The molecule has 1 aliphatic rings. The second-order valence-electron chi connectivity index (χ2n) is 4.79. The highest BCUT2D eigenvalue weighted by Crippen LogP contribution is 2.34. The predicted molar refractivity (Wildman–Crippen MR) is 74.4 cm³/mol. The minimum atomic E-state index is -4.42. The highest BCUT2D eigenvalue weighted by molar-refractivity contribution is 9.10. The number of halogens is 4. The van der Waals surface area contributed by atoms with Crippen LogP contribution in [0, 0.1) is 0 Å². The summed E-state index contributed by atoms with van der Waals surface area (Å²) in [6.45, 7) is 0. The standard InChI is InChI=1S/C12H13BrF3NO2S/c13-10-4-3-8(12(14,15)16)6-11(10)17-9-2-1-5-20(18,19)7-9/h3-4,6,9,17H,1-2,5,7H2. The van der Waals surface area contributed by atoms with Gasteiger partial charge in [-0.05, 0) is 47.0 Å². The lowest BCUT2D eigenvalue weighted by molar-refractivity contribution is -0.137. The molecule has 8 heteroatoms. The first-order valence-electron chi connectivity index (χ1n) is 6.01. The Labute approximate surface area is 123 Å². The Morgan fingerprint density at radius 3 is 2.60 bits per heavy atom. The van der Waals surface area contributed by atoms with Gasteiger partial charge in [-0.1, -0.05) is 0 Å². The third kappa shape index (κ3) is 3.88. The molecule has 1 aromatic carbocycles. The van der Waals surface area contributed by atoms with Crippen molar-refractivity contribution in [1.29, 1.82) is 0 Å². The van der Waals surface area contributed by atoms with Crippen molar-refractivity contribution in [2.75, 3.05) is 16.8 Å². The maximum Gasteiger partial charge on any atom is 0.416 e. The van der Waals surface area contributed by atoms with E-state index in [0.717, 1.165) is 12.1 Å². The summed E-state index contributed by atoms with van der Waals surface area (Å²) in [5.41, 5.74) is -0.496. The van der Waals surface area contributed by atoms with Crippen molar-refractivity contribution in [3.63, 3.8) is 0 Å². The van der Waals surface area contributed by atoms with Crippen LogP contribution in [0.4, 0.5) is 18.9 Å². The highest BCUT2D eigenvalue weighted by atomic mass is 79.9. The molecule has 0 aliphatic carbocycles. The van der Waals surface area contributed by atoms with E-state index < -0.39 is 21.6 Å². The van der Waals surface area contributed by atoms with Crippen LogP contribution < -0.4 is 5.32 Å². The van der Waals surface area contributed by atoms with E-state index in [9.17, 15) is 21.6 Å². The minimum Gasteiger partial charge on any atom is -0.380 e. The molecule has 2 rings (SSSR count). The van der Waals surface area contributed by atoms with Crippen molar-refractivity contribution in [3.8, 4) is 0 Å². The number of hydrogen-bond acceptors (Lipinski definition) is 3. The molecule has 3 nitrogen and oxygen atoms in total. The van der Waals surface area contributed by atoms with E-state index in [-0.39, 0.29) is 23.2 Å². The topological polar surface area (TPSA) is 46.2 Å². The van der Waals surface area contributed by atoms with Crippen molar-refractivity contribution in [3.05, 3.63) is 28.2 Å². The zero-order valence-corrected chi connectivity index (χ0v) is 12.8. The maximum absolute atomic E-state index is 12.7. The Morgan fingerprint density at radius 2 is 2.00 bits per heavy atom. The lowest BCUT2D eigenvalue weighted by atomic mass is 10.1. The van der Waals surface area contributed by atoms with E-state index in [1.807, 2.05) is 0 Å². The van der Waals surface area contributed by atoms with E-state index in [4.69, 9.17) is 0 Å². The molecule has 1 aromatic rings. The number of alkyl halides is 3. The van der Waals surface area contributed by atoms with Crippen molar-refractivity contribution >= 4 is 31.5 Å². The van der Waals surface area contributed by atoms with Gasteiger partial charge in [0.2, 0.25) is 0 Å². The second kappa shape index (κ2) is 5.55. The fourth-order valence-corrected chi connectivity index (χ4v) is 4.17. The van der Waals surface area contributed by atoms with Gasteiger partial charge >= 0.3 is 6.18 Å². The average Bonchev–Trinajstić information content (AvgIpc) is 2.29. The molecular weight excluding hydrogens is 359 g/mol. The van der Waals surface area contributed by atoms with Gasteiger partial charge in [0, 0.05) is 16.2 Å². The van der Waals surface area contributed by atoms with Crippen LogP contribution in [0.15, 0.2) is 22.7 Å². The van der Waals surface area contributed by atoms with Gasteiger partial charge < -0.3 is 5.32 Å². The van der Waals surface area contributed by atoms with Crippen LogP contribution in [0.2, 0.25) is 0 Å². The molecule has 0 bridgehead atoms. The molecule has 1 saturated heterocycles. The Hall–Kier alpha value is -0.760. The monoisotopic (exact) mass is 371 g/mol. The van der Waals surface area contributed by atoms with Gasteiger partial charge in [0.15, 0.2) is 9.84 Å². The van der Waals surface area contributed by atoms with Gasteiger partial charge in [0.1, 0.15) is 0 Å². The first-order valence-corrected chi connectivity index (χ1v) is 8.62. The summed E-state index contributed by atoms with van der Waals surface area (Å²) in [5, 5.41) is 2.89. The number of nitrogens with one attached hydrogen (secondary N) is 1. The molecule has 0 radical (unpaired) electrons. The Morgan fingerprint density at radius 1 is 1.30 bits per heavy atom. The number of rotatable bonds is 2. The van der Waals surface area contributed by atoms with Crippen LogP contribution in [0.1, 0.15) is 18.4 Å². The minimum absolute atomic E-state index is 0.0459. The molecule has 20 heavy (non-hydrogen) atoms. The highest BCUT2D eigenvalue weighted by Gasteiger charge is 2.31. The Balaban J connectivity index is 2.21. The molecule has 0 aromatic heterocycles. The van der Waals surface area contributed by atoms with E-state index >= 15 is 0 Å². The quantitative estimate of drug-likeness (QED) is 0.865. The lowest BCUT2D eigenvalue weighted by Crippen LogP contribution is -2.34. The van der Waals surface area contributed by atoms with Crippen molar-refractivity contribution in [2.45, 2.75) is 25.1 Å². The van der Waals surface area contributed by atoms with Crippen LogP contribution in [-0.4, -0.2) is 26.0 Å². The number of benzene rings is 1. The molecular formula is C12H13BrF3NO2S. The van der Waals surface area contributed by atoms with Crippen LogP contribution >= 0.6 is 15.9 Å². The normalized spacial score (nSPS) is 22.5. The summed E-state index contributed by atoms with van der Waals surface area (Å²) in [5.74, 6) is 0.102. The molecule has 0 saturated carbocycles. The first-order chi connectivity index (χ1) is 9.17. The van der Waals surface area contributed by atoms with Crippen molar-refractivity contribution in [2.24, 2.45) is 0 Å². The Bertz CT molecular complexity index is 601. The first kappa shape index (κ1) is 15.6. The van der Waals surface area contributed by atoms with E-state index in [2.05, 4.69) is 21.2 Å². The summed E-state index contributed by atoms with van der Waals surface area (Å²) in [4.78, 5) is 0. The van der Waals surface area contributed by atoms with Crippen LogP contribution in [-0.2, 0) is 16.0 Å². The fourth-order valence-electron chi connectivity index (χ4n) is 2.17.